The molecule has 0 bridgehead atoms. The van der Waals surface area contributed by atoms with Gasteiger partial charge in [-0.15, -0.1) is 0 Å². The summed E-state index contributed by atoms with van der Waals surface area (Å²) in [4.78, 5) is 33.3. The van der Waals surface area contributed by atoms with Crippen molar-refractivity contribution in [2.75, 3.05) is 7.11 Å². The van der Waals surface area contributed by atoms with E-state index in [0.29, 0.717) is 5.56 Å². The molecule has 0 spiro atoms. The second-order valence-electron chi connectivity index (χ2n) is 6.00. The lowest BCUT2D eigenvalue weighted by atomic mass is 10.1. The first-order chi connectivity index (χ1) is 11.0. The fourth-order valence-corrected chi connectivity index (χ4v) is 1.89. The summed E-state index contributed by atoms with van der Waals surface area (Å²) in [5.74, 6) is -1.24. The first-order valence-corrected chi connectivity index (χ1v) is 7.07. The molecular formula is C15H20N2O7. The Morgan fingerprint density at radius 3 is 2.46 bits per heavy atom. The van der Waals surface area contributed by atoms with E-state index in [4.69, 9.17) is 9.47 Å². The molecule has 0 heterocycles. The topological polar surface area (TPSA) is 128 Å². The Kier molecular flexibility index (Phi) is 6.10. The minimum absolute atomic E-state index is 0.0129. The Balaban J connectivity index is 2.91. The molecule has 2 N–H and O–H groups in total. The first-order valence-electron chi connectivity index (χ1n) is 7.07. The Hall–Kier alpha value is -2.84. The SMILES string of the molecule is COc1cc(CC(NC(=O)OC(C)(C)C)C(=O)O)ccc1[N+](=O)[O-]. The summed E-state index contributed by atoms with van der Waals surface area (Å²) in [5, 5.41) is 22.4. The third-order valence-corrected chi connectivity index (χ3v) is 2.87. The molecule has 132 valence electrons. The molecule has 0 saturated carbocycles. The van der Waals surface area contributed by atoms with Crippen molar-refractivity contribution in [3.05, 3.63) is 33.9 Å². The molecule has 9 heteroatoms. The smallest absolute Gasteiger partial charge is 0.408 e. The van der Waals surface area contributed by atoms with E-state index in [2.05, 4.69) is 5.32 Å². The number of aliphatic carboxylic acids is 1. The third kappa shape index (κ3) is 5.75. The zero-order valence-electron chi connectivity index (χ0n) is 13.9. The highest BCUT2D eigenvalue weighted by atomic mass is 16.6. The molecular weight excluding hydrogens is 320 g/mol. The molecule has 9 nitrogen and oxygen atoms in total. The highest BCUT2D eigenvalue weighted by Gasteiger charge is 2.25. The van der Waals surface area contributed by atoms with E-state index in [1.54, 1.807) is 20.8 Å². The molecule has 0 aliphatic heterocycles. The molecule has 0 aliphatic rings. The number of hydrogen-bond acceptors (Lipinski definition) is 6. The number of methoxy groups -OCH3 is 1. The molecule has 1 unspecified atom stereocenters. The molecule has 0 radical (unpaired) electrons. The molecule has 1 amide bonds. The number of nitrogens with one attached hydrogen (secondary N) is 1. The van der Waals surface area contributed by atoms with Crippen molar-refractivity contribution in [1.29, 1.82) is 0 Å². The zero-order chi connectivity index (χ0) is 18.5. The maximum absolute atomic E-state index is 11.7. The van der Waals surface area contributed by atoms with E-state index < -0.39 is 28.6 Å². The molecule has 1 aromatic carbocycles. The fraction of sp³-hybridized carbons (Fsp3) is 0.467. The van der Waals surface area contributed by atoms with Gasteiger partial charge in [-0.05, 0) is 32.4 Å². The number of alkyl carbamates (subject to hydrolysis) is 1. The van der Waals surface area contributed by atoms with Gasteiger partial charge in [0.15, 0.2) is 5.75 Å². The maximum atomic E-state index is 11.7. The monoisotopic (exact) mass is 340 g/mol. The van der Waals surface area contributed by atoms with Gasteiger partial charge in [0.2, 0.25) is 0 Å². The predicted molar refractivity (Wildman–Crippen MR) is 84.1 cm³/mol. The number of nitrogens with zero attached hydrogens (tertiary/aromatic N) is 1. The molecule has 1 atom stereocenters. The fourth-order valence-electron chi connectivity index (χ4n) is 1.89. The second kappa shape index (κ2) is 7.62. The van der Waals surface area contributed by atoms with Crippen LogP contribution in [-0.2, 0) is 16.0 Å². The van der Waals surface area contributed by atoms with E-state index in [1.807, 2.05) is 0 Å². The van der Waals surface area contributed by atoms with Crippen molar-refractivity contribution in [2.24, 2.45) is 0 Å². The number of ether oxygens (including phenoxy) is 2. The first kappa shape index (κ1) is 19.2. The Bertz CT molecular complexity index is 637. The van der Waals surface area contributed by atoms with Gasteiger partial charge >= 0.3 is 17.7 Å². The summed E-state index contributed by atoms with van der Waals surface area (Å²) in [6, 6.07) is 2.75. The van der Waals surface area contributed by atoms with Crippen LogP contribution in [-0.4, -0.2) is 40.8 Å². The van der Waals surface area contributed by atoms with Crippen LogP contribution in [0.4, 0.5) is 10.5 Å². The van der Waals surface area contributed by atoms with Crippen LogP contribution < -0.4 is 10.1 Å². The van der Waals surface area contributed by atoms with Crippen LogP contribution in [0.3, 0.4) is 0 Å². The van der Waals surface area contributed by atoms with E-state index in [1.165, 1.54) is 25.3 Å². The average molecular weight is 340 g/mol. The molecule has 1 rings (SSSR count). The molecule has 0 saturated heterocycles. The van der Waals surface area contributed by atoms with Crippen molar-refractivity contribution < 1.29 is 29.1 Å². The molecule has 0 aliphatic carbocycles. The van der Waals surface area contributed by atoms with Crippen LogP contribution in [0.5, 0.6) is 5.75 Å². The second-order valence-corrected chi connectivity index (χ2v) is 6.00. The van der Waals surface area contributed by atoms with Crippen LogP contribution in [0.1, 0.15) is 26.3 Å². The van der Waals surface area contributed by atoms with Gasteiger partial charge in [0.05, 0.1) is 12.0 Å². The number of carbonyl (C=O) groups excluding carboxylic acids is 1. The average Bonchev–Trinajstić information content (AvgIpc) is 2.43. The van der Waals surface area contributed by atoms with Crippen molar-refractivity contribution >= 4 is 17.7 Å². The maximum Gasteiger partial charge on any atom is 0.408 e. The summed E-state index contributed by atoms with van der Waals surface area (Å²) in [6.07, 6.45) is -0.938. The van der Waals surface area contributed by atoms with E-state index in [-0.39, 0.29) is 17.9 Å². The Morgan fingerprint density at radius 2 is 2.00 bits per heavy atom. The Morgan fingerprint density at radius 1 is 1.38 bits per heavy atom. The van der Waals surface area contributed by atoms with Crippen molar-refractivity contribution in [1.82, 2.24) is 5.32 Å². The number of carboxylic acid groups (broad SMARTS) is 1. The molecule has 24 heavy (non-hydrogen) atoms. The lowest BCUT2D eigenvalue weighted by molar-refractivity contribution is -0.385. The number of benzene rings is 1. The van der Waals surface area contributed by atoms with Crippen LogP contribution in [0.25, 0.3) is 0 Å². The third-order valence-electron chi connectivity index (χ3n) is 2.87. The van der Waals surface area contributed by atoms with Gasteiger partial charge in [0, 0.05) is 12.5 Å². The van der Waals surface area contributed by atoms with Gasteiger partial charge < -0.3 is 19.9 Å². The van der Waals surface area contributed by atoms with Gasteiger partial charge in [-0.2, -0.15) is 0 Å². The van der Waals surface area contributed by atoms with Crippen molar-refractivity contribution in [3.8, 4) is 5.75 Å². The largest absolute Gasteiger partial charge is 0.490 e. The van der Waals surface area contributed by atoms with Crippen LogP contribution in [0.2, 0.25) is 0 Å². The van der Waals surface area contributed by atoms with Gasteiger partial charge in [-0.25, -0.2) is 9.59 Å². The van der Waals surface area contributed by atoms with Gasteiger partial charge in [-0.3, -0.25) is 10.1 Å². The standard InChI is InChI=1S/C15H20N2O7/c1-15(2,3)24-14(20)16-10(13(18)19)7-9-5-6-11(17(21)22)12(8-9)23-4/h5-6,8,10H,7H2,1-4H3,(H,16,20)(H,18,19). The summed E-state index contributed by atoms with van der Waals surface area (Å²) in [5.41, 5.74) is -0.530. The highest BCUT2D eigenvalue weighted by molar-refractivity contribution is 5.80. The van der Waals surface area contributed by atoms with Crippen LogP contribution in [0.15, 0.2) is 18.2 Å². The summed E-state index contributed by atoms with van der Waals surface area (Å²) in [6.45, 7) is 4.97. The minimum Gasteiger partial charge on any atom is -0.490 e. The quantitative estimate of drug-likeness (QED) is 0.599. The van der Waals surface area contributed by atoms with Crippen LogP contribution in [0, 0.1) is 10.1 Å². The molecule has 0 aromatic heterocycles. The van der Waals surface area contributed by atoms with Crippen molar-refractivity contribution in [2.45, 2.75) is 38.8 Å². The van der Waals surface area contributed by atoms with Crippen LogP contribution >= 0.6 is 0 Å². The summed E-state index contributed by atoms with van der Waals surface area (Å²) in [7, 11) is 1.28. The molecule has 0 fully saturated rings. The van der Waals surface area contributed by atoms with Gasteiger partial charge in [-0.1, -0.05) is 6.07 Å². The number of hydrogen-bond donors (Lipinski definition) is 2. The van der Waals surface area contributed by atoms with Gasteiger partial charge in [0.1, 0.15) is 11.6 Å². The Labute approximate surface area is 138 Å². The zero-order valence-corrected chi connectivity index (χ0v) is 13.9. The molecule has 1 aromatic rings. The lowest BCUT2D eigenvalue weighted by Gasteiger charge is -2.22. The van der Waals surface area contributed by atoms with E-state index in [9.17, 15) is 24.8 Å². The number of nitro groups is 1. The number of amides is 1. The summed E-state index contributed by atoms with van der Waals surface area (Å²) >= 11 is 0. The lowest BCUT2D eigenvalue weighted by Crippen LogP contribution is -2.44. The predicted octanol–water partition coefficient (Wildman–Crippen LogP) is 2.12. The minimum atomic E-state index is -1.25. The normalized spacial score (nSPS) is 12.2. The number of nitro benzene ring substituents is 1. The van der Waals surface area contributed by atoms with E-state index in [0.717, 1.165) is 0 Å². The number of rotatable bonds is 6. The van der Waals surface area contributed by atoms with Crippen molar-refractivity contribution in [3.63, 3.8) is 0 Å². The number of carboxylic acids is 1. The summed E-state index contributed by atoms with van der Waals surface area (Å²) < 4.78 is 9.96. The number of carbonyl (C=O) groups is 2. The van der Waals surface area contributed by atoms with E-state index >= 15 is 0 Å². The van der Waals surface area contributed by atoms with Gasteiger partial charge in [0.25, 0.3) is 0 Å². The highest BCUT2D eigenvalue weighted by Crippen LogP contribution is 2.28.